The van der Waals surface area contributed by atoms with Crippen molar-refractivity contribution >= 4 is 163 Å². The number of benzene rings is 5. The van der Waals surface area contributed by atoms with E-state index < -0.39 is 50.8 Å². The fourth-order valence-electron chi connectivity index (χ4n) is 4.46. The van der Waals surface area contributed by atoms with Crippen LogP contribution in [-0.4, -0.2) is 133 Å². The predicted octanol–water partition coefficient (Wildman–Crippen LogP) is 4.76. The molecule has 0 saturated carbocycles. The molecule has 13 nitrogen and oxygen atoms in total. The van der Waals surface area contributed by atoms with E-state index in [2.05, 4.69) is 15.5 Å². The standard InChI is InChI=1S/C27H21N3O10S3.3Na/c1-15-5-7-17(8-6-15)28-22-10-9-21(20-3-2-4-25(27(20)22)43(38,39)40)29-30-23-13-18(41(32,33)34)11-16-12-19(42(35,36)37)14-24(31)26(16)23;;;/h2-14,28,31H,1H3,(H,32,33,34)(H,35,36,37)(H,38,39,40);;;. The Morgan fingerprint density at radius 1 is 0.630 bits per heavy atom. The largest absolute Gasteiger partial charge is 0.507 e. The number of nitrogens with one attached hydrogen (secondary N) is 1. The van der Waals surface area contributed by atoms with Gasteiger partial charge in [-0.3, -0.25) is 13.7 Å². The zero-order valence-corrected chi connectivity index (χ0v) is 33.3. The van der Waals surface area contributed by atoms with Crippen molar-refractivity contribution in [3.8, 4) is 5.75 Å². The van der Waals surface area contributed by atoms with Crippen molar-refractivity contribution in [3.05, 3.63) is 84.4 Å². The Balaban J connectivity index is 0.00000245. The Hall–Kier alpha value is -1.45. The summed E-state index contributed by atoms with van der Waals surface area (Å²) in [6.07, 6.45) is 0. The Morgan fingerprint density at radius 2 is 1.20 bits per heavy atom. The van der Waals surface area contributed by atoms with Crippen LogP contribution in [0, 0.1) is 6.92 Å². The van der Waals surface area contributed by atoms with Gasteiger partial charge in [0, 0.05) is 117 Å². The van der Waals surface area contributed by atoms with Crippen molar-refractivity contribution in [1.29, 1.82) is 0 Å². The fraction of sp³-hybridized carbons (Fsp3) is 0.0370. The van der Waals surface area contributed by atoms with Crippen LogP contribution < -0.4 is 5.32 Å². The van der Waals surface area contributed by atoms with Gasteiger partial charge in [-0.05, 0) is 60.8 Å². The van der Waals surface area contributed by atoms with Crippen molar-refractivity contribution < 1.29 is 44.0 Å². The first-order valence-corrected chi connectivity index (χ1v) is 16.4. The van der Waals surface area contributed by atoms with E-state index in [9.17, 15) is 44.0 Å². The second-order valence-corrected chi connectivity index (χ2v) is 13.6. The van der Waals surface area contributed by atoms with Gasteiger partial charge >= 0.3 is 0 Å². The molecule has 3 radical (unpaired) electrons. The summed E-state index contributed by atoms with van der Waals surface area (Å²) in [5, 5.41) is 21.8. The number of rotatable bonds is 7. The summed E-state index contributed by atoms with van der Waals surface area (Å²) in [5.74, 6) is -0.697. The molecule has 0 aliphatic carbocycles. The summed E-state index contributed by atoms with van der Waals surface area (Å²) in [6, 6.07) is 17.6. The molecular formula is C27H21N3Na3O10S3. The van der Waals surface area contributed by atoms with Crippen LogP contribution in [0.25, 0.3) is 21.5 Å². The molecule has 5 aromatic carbocycles. The van der Waals surface area contributed by atoms with Gasteiger partial charge in [0.2, 0.25) is 0 Å². The van der Waals surface area contributed by atoms with Gasteiger partial charge in [-0.15, -0.1) is 10.2 Å². The number of phenols is 1. The summed E-state index contributed by atoms with van der Waals surface area (Å²) >= 11 is 0. The molecule has 0 saturated heterocycles. The maximum Gasteiger partial charge on any atom is 0.295 e. The maximum absolute atomic E-state index is 12.3. The van der Waals surface area contributed by atoms with Gasteiger partial charge < -0.3 is 10.4 Å². The maximum atomic E-state index is 12.3. The predicted molar refractivity (Wildman–Crippen MR) is 175 cm³/mol. The second kappa shape index (κ2) is 15.4. The van der Waals surface area contributed by atoms with E-state index in [1.807, 2.05) is 19.1 Å². The van der Waals surface area contributed by atoms with Crippen LogP contribution >= 0.6 is 0 Å². The van der Waals surface area contributed by atoms with Gasteiger partial charge in [0.15, 0.2) is 0 Å². The zero-order valence-electron chi connectivity index (χ0n) is 24.9. The van der Waals surface area contributed by atoms with E-state index in [-0.39, 0.29) is 122 Å². The summed E-state index contributed by atoms with van der Waals surface area (Å²) in [6.45, 7) is 1.90. The molecule has 5 aromatic rings. The molecule has 5 N–H and O–H groups in total. The van der Waals surface area contributed by atoms with E-state index in [0.29, 0.717) is 11.4 Å². The topological polar surface area (TPSA) is 220 Å². The summed E-state index contributed by atoms with van der Waals surface area (Å²) < 4.78 is 101. The van der Waals surface area contributed by atoms with E-state index in [0.717, 1.165) is 29.8 Å². The van der Waals surface area contributed by atoms with Crippen LogP contribution in [0.2, 0.25) is 0 Å². The third kappa shape index (κ3) is 8.96. The molecule has 19 heteroatoms. The number of azo groups is 1. The van der Waals surface area contributed by atoms with Gasteiger partial charge in [-0.25, -0.2) is 0 Å². The number of aromatic hydroxyl groups is 1. The smallest absolute Gasteiger partial charge is 0.295 e. The molecule has 0 bridgehead atoms. The average molecular weight is 713 g/mol. The molecule has 0 aromatic heterocycles. The minimum absolute atomic E-state index is 0. The Bertz CT molecular complexity index is 2310. The first-order chi connectivity index (χ1) is 20.0. The number of aryl methyl sites for hydroxylation is 1. The number of anilines is 2. The van der Waals surface area contributed by atoms with Gasteiger partial charge in [-0.2, -0.15) is 25.3 Å². The Labute approximate surface area is 330 Å². The summed E-state index contributed by atoms with van der Waals surface area (Å²) in [4.78, 5) is -1.88. The molecule has 46 heavy (non-hydrogen) atoms. The molecule has 0 aliphatic rings. The normalized spacial score (nSPS) is 11.9. The molecule has 5 rings (SSSR count). The molecular weight excluding hydrogens is 691 g/mol. The molecule has 0 aliphatic heterocycles. The molecule has 0 fully saturated rings. The summed E-state index contributed by atoms with van der Waals surface area (Å²) in [7, 11) is -14.4. The second-order valence-electron chi connectivity index (χ2n) is 9.41. The third-order valence-electron chi connectivity index (χ3n) is 6.40. The molecule has 0 spiro atoms. The van der Waals surface area contributed by atoms with Crippen LogP contribution in [0.3, 0.4) is 0 Å². The summed E-state index contributed by atoms with van der Waals surface area (Å²) in [5.41, 5.74) is 1.68. The number of phenolic OH excluding ortho intramolecular Hbond substituents is 1. The Morgan fingerprint density at radius 3 is 1.76 bits per heavy atom. The molecule has 225 valence electrons. The van der Waals surface area contributed by atoms with Gasteiger partial charge in [-0.1, -0.05) is 29.8 Å². The SMILES string of the molecule is Cc1ccc(Nc2ccc(N=Nc3cc(S(=O)(=O)O)cc4cc(S(=O)(=O)O)cc(O)c34)c3cccc(S(=O)(=O)O)c23)cc1.[Na].[Na].[Na]. The first kappa shape index (κ1) is 40.7. The van der Waals surface area contributed by atoms with Crippen LogP contribution in [0.4, 0.5) is 22.7 Å². The number of hydrogen-bond acceptors (Lipinski definition) is 10. The van der Waals surface area contributed by atoms with E-state index >= 15 is 0 Å². The molecule has 0 atom stereocenters. The van der Waals surface area contributed by atoms with E-state index in [1.165, 1.54) is 30.3 Å². The van der Waals surface area contributed by atoms with Crippen molar-refractivity contribution in [2.45, 2.75) is 21.6 Å². The van der Waals surface area contributed by atoms with Crippen molar-refractivity contribution in [2.24, 2.45) is 10.2 Å². The van der Waals surface area contributed by atoms with Gasteiger partial charge in [0.25, 0.3) is 30.4 Å². The molecule has 0 amide bonds. The first-order valence-electron chi connectivity index (χ1n) is 12.1. The zero-order chi connectivity index (χ0) is 31.3. The average Bonchev–Trinajstić information content (AvgIpc) is 2.91. The number of hydrogen-bond donors (Lipinski definition) is 5. The van der Waals surface area contributed by atoms with Crippen LogP contribution in [-0.2, 0) is 30.4 Å². The minimum Gasteiger partial charge on any atom is -0.507 e. The quantitative estimate of drug-likeness (QED) is 0.0879. The third-order valence-corrected chi connectivity index (χ3v) is 8.96. The van der Waals surface area contributed by atoms with Crippen LogP contribution in [0.5, 0.6) is 5.75 Å². The molecule has 0 unspecified atom stereocenters. The molecule has 0 heterocycles. The monoisotopic (exact) mass is 712 g/mol. The van der Waals surface area contributed by atoms with Gasteiger partial charge in [0.1, 0.15) is 10.6 Å². The number of fused-ring (bicyclic) bond motifs is 2. The van der Waals surface area contributed by atoms with Crippen molar-refractivity contribution in [1.82, 2.24) is 0 Å². The van der Waals surface area contributed by atoms with Crippen molar-refractivity contribution in [2.75, 3.05) is 5.32 Å². The van der Waals surface area contributed by atoms with Crippen molar-refractivity contribution in [3.63, 3.8) is 0 Å². The van der Waals surface area contributed by atoms with Gasteiger partial charge in [0.05, 0.1) is 26.6 Å². The number of nitrogens with zero attached hydrogens (tertiary/aromatic N) is 2. The van der Waals surface area contributed by atoms with Crippen LogP contribution in [0.15, 0.2) is 104 Å². The Kier molecular flexibility index (Phi) is 13.6. The van der Waals surface area contributed by atoms with E-state index in [1.54, 1.807) is 12.1 Å². The fourth-order valence-corrected chi connectivity index (χ4v) is 6.26. The van der Waals surface area contributed by atoms with E-state index in [4.69, 9.17) is 0 Å². The minimum atomic E-state index is -4.85. The van der Waals surface area contributed by atoms with Crippen LogP contribution in [0.1, 0.15) is 5.56 Å².